The van der Waals surface area contributed by atoms with E-state index >= 15 is 0 Å². The Morgan fingerprint density at radius 2 is 2.11 bits per heavy atom. The third-order valence-electron chi connectivity index (χ3n) is 3.77. The molecule has 1 aromatic heterocycles. The highest BCUT2D eigenvalue weighted by Crippen LogP contribution is 2.24. The van der Waals surface area contributed by atoms with Crippen molar-refractivity contribution in [2.75, 3.05) is 6.54 Å². The Bertz CT molecular complexity index is 521. The minimum atomic E-state index is -0.857. The van der Waals surface area contributed by atoms with Crippen LogP contribution in [0.5, 0.6) is 0 Å². The van der Waals surface area contributed by atoms with Crippen LogP contribution in [0.1, 0.15) is 41.0 Å². The first-order valence-electron chi connectivity index (χ1n) is 6.44. The van der Waals surface area contributed by atoms with E-state index in [-0.39, 0.29) is 18.4 Å². The quantitative estimate of drug-likeness (QED) is 0.888. The molecule has 1 amide bonds. The van der Waals surface area contributed by atoms with E-state index in [1.54, 1.807) is 16.6 Å². The van der Waals surface area contributed by atoms with Crippen molar-refractivity contribution in [3.05, 3.63) is 17.0 Å². The van der Waals surface area contributed by atoms with Crippen molar-refractivity contribution < 1.29 is 14.7 Å². The third-order valence-corrected chi connectivity index (χ3v) is 3.77. The van der Waals surface area contributed by atoms with Gasteiger partial charge in [-0.05, 0) is 26.7 Å². The number of aliphatic carboxylic acids is 1. The molecule has 6 heteroatoms. The van der Waals surface area contributed by atoms with Crippen molar-refractivity contribution in [3.63, 3.8) is 0 Å². The van der Waals surface area contributed by atoms with Crippen LogP contribution < -0.4 is 0 Å². The lowest BCUT2D eigenvalue weighted by Gasteiger charge is -2.23. The van der Waals surface area contributed by atoms with Gasteiger partial charge in [0.25, 0.3) is 5.91 Å². The topological polar surface area (TPSA) is 75.4 Å². The molecule has 1 atom stereocenters. The van der Waals surface area contributed by atoms with E-state index in [0.29, 0.717) is 17.8 Å². The number of hydrogen-bond donors (Lipinski definition) is 1. The van der Waals surface area contributed by atoms with Crippen molar-refractivity contribution in [2.45, 2.75) is 39.2 Å². The molecule has 0 spiro atoms. The van der Waals surface area contributed by atoms with Crippen LogP contribution in [-0.4, -0.2) is 44.3 Å². The Labute approximate surface area is 112 Å². The van der Waals surface area contributed by atoms with Crippen LogP contribution in [-0.2, 0) is 11.8 Å². The predicted octanol–water partition coefficient (Wildman–Crippen LogP) is 1.12. The fraction of sp³-hybridized carbons (Fsp3) is 0.615. The molecular formula is C13H19N3O3. The van der Waals surface area contributed by atoms with Crippen molar-refractivity contribution in [3.8, 4) is 0 Å². The number of carbonyl (C=O) groups is 2. The molecule has 19 heavy (non-hydrogen) atoms. The average Bonchev–Trinajstić information content (AvgIpc) is 2.84. The first kappa shape index (κ1) is 13.6. The van der Waals surface area contributed by atoms with Gasteiger partial charge in [0.05, 0.1) is 17.7 Å². The van der Waals surface area contributed by atoms with E-state index < -0.39 is 5.97 Å². The number of likely N-dealkylation sites (tertiary alicyclic amines) is 1. The summed E-state index contributed by atoms with van der Waals surface area (Å²) in [6.45, 7) is 4.29. The van der Waals surface area contributed by atoms with Crippen molar-refractivity contribution in [2.24, 2.45) is 7.05 Å². The summed E-state index contributed by atoms with van der Waals surface area (Å²) in [5, 5.41) is 13.1. The van der Waals surface area contributed by atoms with E-state index in [9.17, 15) is 9.59 Å². The molecule has 1 aliphatic rings. The van der Waals surface area contributed by atoms with Gasteiger partial charge in [-0.1, -0.05) is 0 Å². The van der Waals surface area contributed by atoms with E-state index in [0.717, 1.165) is 18.5 Å². The zero-order valence-corrected chi connectivity index (χ0v) is 11.5. The van der Waals surface area contributed by atoms with Crippen LogP contribution in [0, 0.1) is 13.8 Å². The fourth-order valence-electron chi connectivity index (χ4n) is 2.74. The number of aryl methyl sites for hydroxylation is 2. The predicted molar refractivity (Wildman–Crippen MR) is 69.0 cm³/mol. The SMILES string of the molecule is Cc1nn(C)c(C)c1C(=O)N1CCCC1CC(=O)O. The van der Waals surface area contributed by atoms with Crippen LogP contribution in [0.4, 0.5) is 0 Å². The van der Waals surface area contributed by atoms with E-state index in [1.807, 2.05) is 13.8 Å². The third kappa shape index (κ3) is 2.47. The lowest BCUT2D eigenvalue weighted by atomic mass is 10.1. The molecular weight excluding hydrogens is 246 g/mol. The van der Waals surface area contributed by atoms with Crippen LogP contribution in [0.15, 0.2) is 0 Å². The molecule has 0 bridgehead atoms. The van der Waals surface area contributed by atoms with Gasteiger partial charge in [-0.25, -0.2) is 0 Å². The van der Waals surface area contributed by atoms with Gasteiger partial charge in [0.15, 0.2) is 0 Å². The summed E-state index contributed by atoms with van der Waals surface area (Å²) in [5.41, 5.74) is 2.13. The molecule has 0 aromatic carbocycles. The summed E-state index contributed by atoms with van der Waals surface area (Å²) in [6, 6.07) is -0.191. The summed E-state index contributed by atoms with van der Waals surface area (Å²) in [4.78, 5) is 25.1. The van der Waals surface area contributed by atoms with Gasteiger partial charge in [-0.2, -0.15) is 5.10 Å². The Balaban J connectivity index is 2.25. The molecule has 1 aliphatic heterocycles. The highest BCUT2D eigenvalue weighted by atomic mass is 16.4. The number of carbonyl (C=O) groups excluding carboxylic acids is 1. The van der Waals surface area contributed by atoms with E-state index in [1.165, 1.54) is 0 Å². The van der Waals surface area contributed by atoms with Crippen molar-refractivity contribution in [1.29, 1.82) is 0 Å². The molecule has 2 heterocycles. The number of rotatable bonds is 3. The molecule has 0 saturated carbocycles. The summed E-state index contributed by atoms with van der Waals surface area (Å²) < 4.78 is 1.69. The monoisotopic (exact) mass is 265 g/mol. The van der Waals surface area contributed by atoms with Crippen molar-refractivity contribution in [1.82, 2.24) is 14.7 Å². The second-order valence-electron chi connectivity index (χ2n) is 5.06. The molecule has 0 radical (unpaired) electrons. The van der Waals surface area contributed by atoms with Gasteiger partial charge in [0.2, 0.25) is 0 Å². The number of hydrogen-bond acceptors (Lipinski definition) is 3. The Kier molecular flexibility index (Phi) is 3.59. The molecule has 6 nitrogen and oxygen atoms in total. The van der Waals surface area contributed by atoms with Crippen LogP contribution in [0.2, 0.25) is 0 Å². The maximum Gasteiger partial charge on any atom is 0.305 e. The van der Waals surface area contributed by atoms with Crippen LogP contribution in [0.25, 0.3) is 0 Å². The summed E-state index contributed by atoms with van der Waals surface area (Å²) in [7, 11) is 1.80. The second kappa shape index (κ2) is 5.03. The second-order valence-corrected chi connectivity index (χ2v) is 5.06. The maximum absolute atomic E-state index is 12.6. The van der Waals surface area contributed by atoms with Gasteiger partial charge < -0.3 is 10.0 Å². The zero-order valence-electron chi connectivity index (χ0n) is 11.5. The Morgan fingerprint density at radius 3 is 2.63 bits per heavy atom. The van der Waals surface area contributed by atoms with Gasteiger partial charge in [0.1, 0.15) is 0 Å². The standard InChI is InChI=1S/C13H19N3O3/c1-8-12(9(2)15(3)14-8)13(19)16-6-4-5-10(16)7-11(17)18/h10H,4-7H2,1-3H3,(H,17,18). The van der Waals surface area contributed by atoms with E-state index in [2.05, 4.69) is 5.10 Å². The smallest absolute Gasteiger partial charge is 0.305 e. The van der Waals surface area contributed by atoms with Gasteiger partial charge in [0, 0.05) is 25.3 Å². The molecule has 0 aliphatic carbocycles. The normalized spacial score (nSPS) is 18.9. The van der Waals surface area contributed by atoms with Crippen LogP contribution >= 0.6 is 0 Å². The summed E-state index contributed by atoms with van der Waals surface area (Å²) in [6.07, 6.45) is 1.64. The number of carboxylic acids is 1. The minimum absolute atomic E-state index is 0.0180. The molecule has 104 valence electrons. The highest BCUT2D eigenvalue weighted by Gasteiger charge is 2.33. The summed E-state index contributed by atoms with van der Waals surface area (Å²) in [5.74, 6) is -0.948. The number of carboxylic acid groups (broad SMARTS) is 1. The van der Waals surface area contributed by atoms with Crippen LogP contribution in [0.3, 0.4) is 0 Å². The maximum atomic E-state index is 12.6. The number of aromatic nitrogens is 2. The lowest BCUT2D eigenvalue weighted by Crippen LogP contribution is -2.37. The first-order chi connectivity index (χ1) is 8.91. The van der Waals surface area contributed by atoms with Gasteiger partial charge in [-0.15, -0.1) is 0 Å². The van der Waals surface area contributed by atoms with Gasteiger partial charge >= 0.3 is 5.97 Å². The lowest BCUT2D eigenvalue weighted by molar-refractivity contribution is -0.137. The largest absolute Gasteiger partial charge is 0.481 e. The van der Waals surface area contributed by atoms with Gasteiger partial charge in [-0.3, -0.25) is 14.3 Å². The Hall–Kier alpha value is -1.85. The Morgan fingerprint density at radius 1 is 1.42 bits per heavy atom. The number of nitrogens with zero attached hydrogens (tertiary/aromatic N) is 3. The first-order valence-corrected chi connectivity index (χ1v) is 6.44. The molecule has 1 unspecified atom stereocenters. The average molecular weight is 265 g/mol. The zero-order chi connectivity index (χ0) is 14.2. The molecule has 1 saturated heterocycles. The minimum Gasteiger partial charge on any atom is -0.481 e. The molecule has 2 rings (SSSR count). The van der Waals surface area contributed by atoms with E-state index in [4.69, 9.17) is 5.11 Å². The molecule has 1 fully saturated rings. The molecule has 1 aromatic rings. The fourth-order valence-corrected chi connectivity index (χ4v) is 2.74. The molecule has 1 N–H and O–H groups in total. The summed E-state index contributed by atoms with van der Waals surface area (Å²) >= 11 is 0. The van der Waals surface area contributed by atoms with Crippen molar-refractivity contribution >= 4 is 11.9 Å². The highest BCUT2D eigenvalue weighted by molar-refractivity contribution is 5.97. The number of amides is 1.